The fourth-order valence-electron chi connectivity index (χ4n) is 1.51. The Morgan fingerprint density at radius 2 is 1.94 bits per heavy atom. The molecule has 0 aliphatic rings. The molecule has 3 nitrogen and oxygen atoms in total. The van der Waals surface area contributed by atoms with Crippen molar-refractivity contribution in [3.8, 4) is 17.6 Å². The zero-order valence-corrected chi connectivity index (χ0v) is 10.5. The van der Waals surface area contributed by atoms with Gasteiger partial charge >= 0.3 is 0 Å². The van der Waals surface area contributed by atoms with Crippen molar-refractivity contribution in [1.29, 1.82) is 5.26 Å². The van der Waals surface area contributed by atoms with Crippen molar-refractivity contribution in [2.45, 2.75) is 6.92 Å². The van der Waals surface area contributed by atoms with Gasteiger partial charge in [-0.25, -0.2) is 0 Å². The number of rotatable bonds is 2. The molecule has 0 aliphatic carbocycles. The molecule has 2 aromatic rings. The van der Waals surface area contributed by atoms with Gasteiger partial charge in [0.15, 0.2) is 0 Å². The number of anilines is 1. The molecule has 0 spiro atoms. The van der Waals surface area contributed by atoms with E-state index >= 15 is 0 Å². The molecule has 0 fully saturated rings. The fourth-order valence-corrected chi connectivity index (χ4v) is 1.68. The first kappa shape index (κ1) is 12.3. The Labute approximate surface area is 110 Å². The lowest BCUT2D eigenvalue weighted by Gasteiger charge is -2.11. The largest absolute Gasteiger partial charge is 0.455 e. The van der Waals surface area contributed by atoms with Crippen molar-refractivity contribution in [2.75, 3.05) is 5.73 Å². The summed E-state index contributed by atoms with van der Waals surface area (Å²) in [7, 11) is 0. The van der Waals surface area contributed by atoms with E-state index in [1.54, 1.807) is 30.3 Å². The maximum Gasteiger partial charge on any atom is 0.150 e. The van der Waals surface area contributed by atoms with Gasteiger partial charge in [-0.2, -0.15) is 5.26 Å². The summed E-state index contributed by atoms with van der Waals surface area (Å²) in [6.07, 6.45) is 0. The van der Waals surface area contributed by atoms with E-state index in [0.717, 1.165) is 5.56 Å². The van der Waals surface area contributed by atoms with Gasteiger partial charge in [0.2, 0.25) is 0 Å². The van der Waals surface area contributed by atoms with Gasteiger partial charge in [0, 0.05) is 5.02 Å². The van der Waals surface area contributed by atoms with Crippen LogP contribution < -0.4 is 10.5 Å². The van der Waals surface area contributed by atoms with Crippen molar-refractivity contribution >= 4 is 17.3 Å². The second-order valence-corrected chi connectivity index (χ2v) is 4.31. The van der Waals surface area contributed by atoms with E-state index in [9.17, 15) is 0 Å². The lowest BCUT2D eigenvalue weighted by Crippen LogP contribution is -1.94. The van der Waals surface area contributed by atoms with E-state index in [1.165, 1.54) is 0 Å². The smallest absolute Gasteiger partial charge is 0.150 e. The van der Waals surface area contributed by atoms with Crippen LogP contribution in [0, 0.1) is 18.3 Å². The fraction of sp³-hybridized carbons (Fsp3) is 0.0714. The second-order valence-electron chi connectivity index (χ2n) is 3.88. The van der Waals surface area contributed by atoms with Gasteiger partial charge in [0.25, 0.3) is 0 Å². The van der Waals surface area contributed by atoms with E-state index in [0.29, 0.717) is 27.8 Å². The minimum Gasteiger partial charge on any atom is -0.455 e. The molecule has 0 radical (unpaired) electrons. The highest BCUT2D eigenvalue weighted by atomic mass is 35.5. The number of halogens is 1. The highest BCUT2D eigenvalue weighted by Crippen LogP contribution is 2.31. The van der Waals surface area contributed by atoms with Crippen LogP contribution in [0.1, 0.15) is 11.1 Å². The average Bonchev–Trinajstić information content (AvgIpc) is 2.36. The number of nitriles is 1. The lowest BCUT2D eigenvalue weighted by molar-refractivity contribution is 0.481. The van der Waals surface area contributed by atoms with Gasteiger partial charge in [-0.15, -0.1) is 0 Å². The van der Waals surface area contributed by atoms with Gasteiger partial charge in [-0.3, -0.25) is 0 Å². The third-order valence-electron chi connectivity index (χ3n) is 2.51. The van der Waals surface area contributed by atoms with E-state index < -0.39 is 0 Å². The van der Waals surface area contributed by atoms with Crippen molar-refractivity contribution in [2.24, 2.45) is 0 Å². The average molecular weight is 259 g/mol. The maximum absolute atomic E-state index is 8.76. The number of nitrogens with zero attached hydrogens (tertiary/aromatic N) is 1. The summed E-state index contributed by atoms with van der Waals surface area (Å²) in [5, 5.41) is 9.36. The molecule has 2 aromatic carbocycles. The minimum atomic E-state index is 0.424. The van der Waals surface area contributed by atoms with Crippen LogP contribution in [0.3, 0.4) is 0 Å². The quantitative estimate of drug-likeness (QED) is 0.831. The summed E-state index contributed by atoms with van der Waals surface area (Å²) in [5.74, 6) is 1.17. The number of nitrogen functional groups attached to an aromatic ring is 1. The monoisotopic (exact) mass is 258 g/mol. The van der Waals surface area contributed by atoms with Crippen LogP contribution >= 0.6 is 11.6 Å². The van der Waals surface area contributed by atoms with E-state index in [2.05, 4.69) is 0 Å². The summed E-state index contributed by atoms with van der Waals surface area (Å²) < 4.78 is 5.70. The third kappa shape index (κ3) is 2.55. The summed E-state index contributed by atoms with van der Waals surface area (Å²) in [6, 6.07) is 12.3. The molecule has 18 heavy (non-hydrogen) atoms. The summed E-state index contributed by atoms with van der Waals surface area (Å²) in [5.41, 5.74) is 7.71. The highest BCUT2D eigenvalue weighted by molar-refractivity contribution is 6.30. The molecule has 2 rings (SSSR count). The Morgan fingerprint density at radius 3 is 2.61 bits per heavy atom. The highest BCUT2D eigenvalue weighted by Gasteiger charge is 2.06. The van der Waals surface area contributed by atoms with Crippen molar-refractivity contribution in [1.82, 2.24) is 0 Å². The Bertz CT molecular complexity index is 632. The zero-order chi connectivity index (χ0) is 13.1. The number of hydrogen-bond donors (Lipinski definition) is 1. The van der Waals surface area contributed by atoms with Crippen LogP contribution in [0.5, 0.6) is 11.5 Å². The first-order valence-corrected chi connectivity index (χ1v) is 5.71. The normalized spacial score (nSPS) is 9.83. The van der Waals surface area contributed by atoms with Crippen LogP contribution in [0.25, 0.3) is 0 Å². The molecule has 0 saturated heterocycles. The number of ether oxygens (including phenoxy) is 1. The van der Waals surface area contributed by atoms with Crippen LogP contribution in [-0.4, -0.2) is 0 Å². The Morgan fingerprint density at radius 1 is 1.17 bits per heavy atom. The number of aryl methyl sites for hydroxylation is 1. The van der Waals surface area contributed by atoms with Crippen molar-refractivity contribution in [3.05, 3.63) is 52.5 Å². The Balaban J connectivity index is 2.34. The van der Waals surface area contributed by atoms with Gasteiger partial charge in [0.1, 0.15) is 11.5 Å². The zero-order valence-electron chi connectivity index (χ0n) is 9.77. The SMILES string of the molecule is Cc1ccc(Cl)cc1Oc1ccc(C#N)cc1N. The van der Waals surface area contributed by atoms with Crippen LogP contribution in [0.2, 0.25) is 5.02 Å². The van der Waals surface area contributed by atoms with Crippen molar-refractivity contribution < 1.29 is 4.74 Å². The Kier molecular flexibility index (Phi) is 3.40. The molecule has 0 bridgehead atoms. The molecule has 0 heterocycles. The maximum atomic E-state index is 8.76. The molecule has 90 valence electrons. The molecular formula is C14H11ClN2O. The number of hydrogen-bond acceptors (Lipinski definition) is 3. The molecule has 0 saturated carbocycles. The van der Waals surface area contributed by atoms with Crippen molar-refractivity contribution in [3.63, 3.8) is 0 Å². The first-order chi connectivity index (χ1) is 8.60. The third-order valence-corrected chi connectivity index (χ3v) is 2.74. The summed E-state index contributed by atoms with van der Waals surface area (Å²) in [6.45, 7) is 1.92. The van der Waals surface area contributed by atoms with E-state index in [-0.39, 0.29) is 0 Å². The van der Waals surface area contributed by atoms with Gasteiger partial charge in [0.05, 0.1) is 17.3 Å². The molecule has 0 unspecified atom stereocenters. The molecule has 0 aromatic heterocycles. The molecule has 4 heteroatoms. The van der Waals surface area contributed by atoms with E-state index in [4.69, 9.17) is 27.3 Å². The predicted molar refractivity (Wildman–Crippen MR) is 71.8 cm³/mol. The number of nitrogens with two attached hydrogens (primary N) is 1. The molecule has 0 aliphatic heterocycles. The molecule has 2 N–H and O–H groups in total. The van der Waals surface area contributed by atoms with E-state index in [1.807, 2.05) is 19.1 Å². The predicted octanol–water partition coefficient (Wildman–Crippen LogP) is 3.89. The Hall–Kier alpha value is -2.18. The first-order valence-electron chi connectivity index (χ1n) is 5.34. The molecule has 0 atom stereocenters. The van der Waals surface area contributed by atoms with Gasteiger partial charge < -0.3 is 10.5 Å². The van der Waals surface area contributed by atoms with Crippen LogP contribution in [-0.2, 0) is 0 Å². The van der Waals surface area contributed by atoms with Crippen LogP contribution in [0.4, 0.5) is 5.69 Å². The van der Waals surface area contributed by atoms with Crippen LogP contribution in [0.15, 0.2) is 36.4 Å². The number of benzene rings is 2. The molecule has 0 amide bonds. The lowest BCUT2D eigenvalue weighted by atomic mass is 10.2. The molecular weight excluding hydrogens is 248 g/mol. The minimum absolute atomic E-state index is 0.424. The standard InChI is InChI=1S/C14H11ClN2O/c1-9-2-4-11(15)7-14(9)18-13-5-3-10(8-16)6-12(13)17/h2-7H,17H2,1H3. The summed E-state index contributed by atoms with van der Waals surface area (Å²) in [4.78, 5) is 0. The van der Waals surface area contributed by atoms with Gasteiger partial charge in [-0.05, 0) is 42.8 Å². The topological polar surface area (TPSA) is 59.0 Å². The second kappa shape index (κ2) is 4.99. The summed E-state index contributed by atoms with van der Waals surface area (Å²) >= 11 is 5.92. The van der Waals surface area contributed by atoms with Gasteiger partial charge in [-0.1, -0.05) is 17.7 Å².